The van der Waals surface area contributed by atoms with Gasteiger partial charge in [0.1, 0.15) is 17.6 Å². The number of carbonyl (C=O) groups is 1. The molecule has 2 aliphatic rings. The number of rotatable bonds is 7. The molecule has 2 aromatic rings. The molecular weight excluding hydrogens is 425 g/mol. The molecule has 1 aliphatic carbocycles. The number of hydrogen-bond acceptors (Lipinski definition) is 7. The molecule has 0 bridgehead atoms. The minimum atomic E-state index is -3.01. The molecule has 0 radical (unpaired) electrons. The number of Topliss-reactive ketones (excluding diaryl/α,β-unsaturated/α-hetero) is 1. The van der Waals surface area contributed by atoms with Crippen LogP contribution in [0.3, 0.4) is 0 Å². The number of nitrogens with zero attached hydrogens (tertiary/aromatic N) is 3. The maximum atomic E-state index is 14.7. The van der Waals surface area contributed by atoms with Gasteiger partial charge in [0, 0.05) is 17.9 Å². The van der Waals surface area contributed by atoms with E-state index in [-0.39, 0.29) is 23.6 Å². The Morgan fingerprint density at radius 3 is 2.84 bits per heavy atom. The summed E-state index contributed by atoms with van der Waals surface area (Å²) in [4.78, 5) is 24.5. The Balaban J connectivity index is 1.59. The fourth-order valence-corrected chi connectivity index (χ4v) is 3.80. The monoisotopic (exact) mass is 444 g/mol. The number of alkyl halides is 2. The van der Waals surface area contributed by atoms with Crippen molar-refractivity contribution < 1.29 is 27.4 Å². The summed E-state index contributed by atoms with van der Waals surface area (Å²) in [6.07, 6.45) is 3.76. The molecule has 0 saturated heterocycles. The number of aromatic nitrogens is 2. The highest BCUT2D eigenvalue weighted by Gasteiger charge is 2.64. The van der Waals surface area contributed by atoms with E-state index in [1.54, 1.807) is 6.92 Å². The van der Waals surface area contributed by atoms with Crippen molar-refractivity contribution in [1.82, 2.24) is 9.97 Å². The first-order valence-electron chi connectivity index (χ1n) is 9.81. The molecule has 32 heavy (non-hydrogen) atoms. The first-order chi connectivity index (χ1) is 15.2. The fourth-order valence-electron chi connectivity index (χ4n) is 3.80. The molecule has 1 aromatic carbocycles. The minimum absolute atomic E-state index is 0.0377. The first kappa shape index (κ1) is 21.6. The van der Waals surface area contributed by atoms with Crippen molar-refractivity contribution in [3.05, 3.63) is 53.2 Å². The second kappa shape index (κ2) is 8.15. The number of carbonyl (C=O) groups excluding carboxylic acids is 1. The van der Waals surface area contributed by atoms with E-state index in [2.05, 4.69) is 20.9 Å². The van der Waals surface area contributed by atoms with Crippen molar-refractivity contribution in [3.63, 3.8) is 0 Å². The molecule has 4 rings (SSSR count). The number of amidine groups is 1. The molecule has 1 saturated carbocycles. The van der Waals surface area contributed by atoms with Gasteiger partial charge in [-0.1, -0.05) is 12.0 Å². The van der Waals surface area contributed by atoms with Crippen LogP contribution in [-0.2, 0) is 16.7 Å². The lowest BCUT2D eigenvalue weighted by Gasteiger charge is -2.33. The maximum absolute atomic E-state index is 14.7. The molecular formula is C22H19F3N4O3. The Kier molecular flexibility index (Phi) is 5.50. The van der Waals surface area contributed by atoms with E-state index >= 15 is 0 Å². The van der Waals surface area contributed by atoms with Crippen LogP contribution in [0.25, 0.3) is 0 Å². The summed E-state index contributed by atoms with van der Waals surface area (Å²) in [6, 6.07) is 3.23. The third-order valence-electron chi connectivity index (χ3n) is 5.47. The quantitative estimate of drug-likeness (QED) is 0.521. The summed E-state index contributed by atoms with van der Waals surface area (Å²) in [5.41, 5.74) is 3.48. The number of nitrogens with two attached hydrogens (primary N) is 1. The van der Waals surface area contributed by atoms with Gasteiger partial charge in [0.2, 0.25) is 5.88 Å². The molecule has 1 fully saturated rings. The number of terminal acetylenes is 1. The molecule has 2 heterocycles. The summed E-state index contributed by atoms with van der Waals surface area (Å²) < 4.78 is 53.6. The molecule has 166 valence electrons. The van der Waals surface area contributed by atoms with Crippen LogP contribution in [0.2, 0.25) is 0 Å². The van der Waals surface area contributed by atoms with Gasteiger partial charge in [0.15, 0.2) is 17.4 Å². The second-order valence-electron chi connectivity index (χ2n) is 7.66. The molecule has 4 atom stereocenters. The molecule has 1 aromatic heterocycles. The van der Waals surface area contributed by atoms with E-state index in [1.807, 2.05) is 0 Å². The number of hydrogen-bond donors (Lipinski definition) is 1. The number of ketones is 1. The van der Waals surface area contributed by atoms with E-state index in [0.29, 0.717) is 12.0 Å². The van der Waals surface area contributed by atoms with E-state index < -0.39 is 47.7 Å². The Bertz CT molecular complexity index is 1120. The van der Waals surface area contributed by atoms with E-state index in [0.717, 1.165) is 6.07 Å². The zero-order valence-corrected chi connectivity index (χ0v) is 17.0. The average Bonchev–Trinajstić information content (AvgIpc) is 3.54. The lowest BCUT2D eigenvalue weighted by Crippen LogP contribution is -2.43. The van der Waals surface area contributed by atoms with Gasteiger partial charge in [-0.05, 0) is 31.0 Å². The molecule has 0 amide bonds. The standard InChI is InChI=1S/C22H19F3N4O3/c1-3-11(2)31-19-10-27-16(9-28-19)17(30)7-12-4-5-15(23)13(6-12)22(20(24)25)14-8-18(14)32-21(26)29-22/h1,4-6,9-11,14,18,20H,7-8H2,2H3,(H2,26,29)/t11-,14-,18+,22+/m0/s1. The van der Waals surface area contributed by atoms with Gasteiger partial charge in [-0.3, -0.25) is 4.79 Å². The van der Waals surface area contributed by atoms with Crippen LogP contribution in [0.15, 0.2) is 35.6 Å². The van der Waals surface area contributed by atoms with Crippen LogP contribution in [0, 0.1) is 24.1 Å². The molecule has 1 aliphatic heterocycles. The molecule has 10 heteroatoms. The van der Waals surface area contributed by atoms with Crippen LogP contribution in [0.4, 0.5) is 13.2 Å². The zero-order chi connectivity index (χ0) is 23.0. The normalized spacial score (nSPS) is 24.6. The highest BCUT2D eigenvalue weighted by Crippen LogP contribution is 2.56. The topological polar surface area (TPSA) is 99.7 Å². The van der Waals surface area contributed by atoms with Crippen molar-refractivity contribution in [3.8, 4) is 18.2 Å². The minimum Gasteiger partial charge on any atom is -0.462 e. The molecule has 2 N–H and O–H groups in total. The number of halogens is 3. The third kappa shape index (κ3) is 3.86. The summed E-state index contributed by atoms with van der Waals surface area (Å²) in [5, 5.41) is 0. The Hall–Kier alpha value is -3.61. The van der Waals surface area contributed by atoms with Gasteiger partial charge < -0.3 is 15.2 Å². The lowest BCUT2D eigenvalue weighted by molar-refractivity contribution is 0.0176. The second-order valence-corrected chi connectivity index (χ2v) is 7.66. The SMILES string of the molecule is C#C[C@H](C)Oc1cnc(C(=O)Cc2ccc(F)c([C@@]3(C(F)F)N=C(N)O[C@@H]4C[C@@H]43)c2)cn1. The van der Waals surface area contributed by atoms with Gasteiger partial charge in [-0.25, -0.2) is 28.1 Å². The lowest BCUT2D eigenvalue weighted by atomic mass is 9.83. The fraction of sp³-hybridized carbons (Fsp3) is 0.364. The van der Waals surface area contributed by atoms with Crippen molar-refractivity contribution in [2.45, 2.75) is 43.9 Å². The number of ether oxygens (including phenoxy) is 2. The highest BCUT2D eigenvalue weighted by molar-refractivity contribution is 5.95. The van der Waals surface area contributed by atoms with E-state index in [9.17, 15) is 18.0 Å². The summed E-state index contributed by atoms with van der Waals surface area (Å²) in [6.45, 7) is 1.65. The van der Waals surface area contributed by atoms with Crippen LogP contribution >= 0.6 is 0 Å². The van der Waals surface area contributed by atoms with Gasteiger partial charge in [0.05, 0.1) is 12.4 Å². The van der Waals surface area contributed by atoms with Crippen LogP contribution in [-0.4, -0.2) is 40.4 Å². The Labute approximate surface area is 181 Å². The summed E-state index contributed by atoms with van der Waals surface area (Å²) in [5.74, 6) is 0.550. The molecule has 0 unspecified atom stereocenters. The number of benzene rings is 1. The molecule has 7 nitrogen and oxygen atoms in total. The van der Waals surface area contributed by atoms with Gasteiger partial charge in [0.25, 0.3) is 12.4 Å². The van der Waals surface area contributed by atoms with Gasteiger partial charge >= 0.3 is 0 Å². The largest absolute Gasteiger partial charge is 0.462 e. The number of fused-ring (bicyclic) bond motifs is 1. The highest BCUT2D eigenvalue weighted by atomic mass is 19.3. The van der Waals surface area contributed by atoms with Crippen LogP contribution in [0.1, 0.15) is 35.0 Å². The first-order valence-corrected chi connectivity index (χ1v) is 9.81. The van der Waals surface area contributed by atoms with Crippen LogP contribution in [0.5, 0.6) is 5.88 Å². The average molecular weight is 444 g/mol. The van der Waals surface area contributed by atoms with Crippen molar-refractivity contribution in [1.29, 1.82) is 0 Å². The zero-order valence-electron chi connectivity index (χ0n) is 17.0. The predicted octanol–water partition coefficient (Wildman–Crippen LogP) is 2.64. The van der Waals surface area contributed by atoms with Crippen molar-refractivity contribution in [2.75, 3.05) is 0 Å². The van der Waals surface area contributed by atoms with Gasteiger partial charge in [-0.15, -0.1) is 6.42 Å². The smallest absolute Gasteiger partial charge is 0.283 e. The molecule has 0 spiro atoms. The van der Waals surface area contributed by atoms with E-state index in [1.165, 1.54) is 24.5 Å². The van der Waals surface area contributed by atoms with E-state index in [4.69, 9.17) is 21.6 Å². The predicted molar refractivity (Wildman–Crippen MR) is 108 cm³/mol. The maximum Gasteiger partial charge on any atom is 0.283 e. The van der Waals surface area contributed by atoms with Crippen LogP contribution < -0.4 is 10.5 Å². The summed E-state index contributed by atoms with van der Waals surface area (Å²) >= 11 is 0. The van der Waals surface area contributed by atoms with Gasteiger partial charge in [-0.2, -0.15) is 0 Å². The van der Waals surface area contributed by atoms with Crippen molar-refractivity contribution in [2.24, 2.45) is 16.6 Å². The number of aliphatic imine (C=N–C) groups is 1. The Morgan fingerprint density at radius 2 is 2.19 bits per heavy atom. The Morgan fingerprint density at radius 1 is 1.41 bits per heavy atom. The third-order valence-corrected chi connectivity index (χ3v) is 5.47. The van der Waals surface area contributed by atoms with Crippen molar-refractivity contribution >= 4 is 11.8 Å². The summed E-state index contributed by atoms with van der Waals surface area (Å²) in [7, 11) is 0.